The molecule has 0 aromatic carbocycles. The molecule has 0 bridgehead atoms. The minimum absolute atomic E-state index is 0.242. The monoisotopic (exact) mass is 244 g/mol. The first-order chi connectivity index (χ1) is 8.10. The summed E-state index contributed by atoms with van der Waals surface area (Å²) in [5, 5.41) is 19.3. The van der Waals surface area contributed by atoms with E-state index in [9.17, 15) is 15.0 Å². The van der Waals surface area contributed by atoms with Gasteiger partial charge in [0.15, 0.2) is 0 Å². The molecule has 1 unspecified atom stereocenters. The van der Waals surface area contributed by atoms with Gasteiger partial charge in [-0.25, -0.2) is 0 Å². The van der Waals surface area contributed by atoms with Crippen molar-refractivity contribution in [2.75, 3.05) is 13.2 Å². The molecule has 1 rings (SSSR count). The fourth-order valence-electron chi connectivity index (χ4n) is 2.67. The van der Waals surface area contributed by atoms with Gasteiger partial charge in [-0.3, -0.25) is 4.79 Å². The molecule has 1 atom stereocenters. The largest absolute Gasteiger partial charge is 0.481 e. The molecular weight excluding hydrogens is 220 g/mol. The molecule has 0 spiro atoms. The highest BCUT2D eigenvalue weighted by molar-refractivity contribution is 5.74. The molecular formula is C13H24O4. The lowest BCUT2D eigenvalue weighted by molar-refractivity contribution is -0.152. The lowest BCUT2D eigenvalue weighted by atomic mass is 9.76. The van der Waals surface area contributed by atoms with Gasteiger partial charge in [0, 0.05) is 6.61 Å². The highest BCUT2D eigenvalue weighted by Gasteiger charge is 2.40. The van der Waals surface area contributed by atoms with Crippen LogP contribution in [0.5, 0.6) is 0 Å². The summed E-state index contributed by atoms with van der Waals surface area (Å²) in [4.78, 5) is 11.5. The third kappa shape index (κ3) is 4.28. The van der Waals surface area contributed by atoms with Gasteiger partial charge in [0.1, 0.15) is 0 Å². The van der Waals surface area contributed by atoms with Crippen molar-refractivity contribution in [2.24, 2.45) is 5.41 Å². The summed E-state index contributed by atoms with van der Waals surface area (Å²) in [6.07, 6.45) is 5.15. The van der Waals surface area contributed by atoms with Crippen LogP contribution in [0.1, 0.15) is 51.9 Å². The molecule has 1 aliphatic carbocycles. The first-order valence-corrected chi connectivity index (χ1v) is 6.60. The Balaban J connectivity index is 2.60. The minimum Gasteiger partial charge on any atom is -0.481 e. The van der Waals surface area contributed by atoms with E-state index in [0.717, 1.165) is 25.7 Å². The van der Waals surface area contributed by atoms with Crippen molar-refractivity contribution in [3.8, 4) is 0 Å². The van der Waals surface area contributed by atoms with Gasteiger partial charge in [-0.15, -0.1) is 0 Å². The maximum absolute atomic E-state index is 11.5. The Bertz CT molecular complexity index is 232. The zero-order valence-electron chi connectivity index (χ0n) is 10.7. The van der Waals surface area contributed by atoms with Crippen LogP contribution >= 0.6 is 0 Å². The second kappa shape index (κ2) is 6.97. The van der Waals surface area contributed by atoms with Gasteiger partial charge in [-0.1, -0.05) is 25.7 Å². The van der Waals surface area contributed by atoms with Crippen molar-refractivity contribution in [3.05, 3.63) is 0 Å². The number of ether oxygens (including phenoxy) is 1. The molecule has 2 N–H and O–H groups in total. The van der Waals surface area contributed by atoms with Crippen molar-refractivity contribution >= 4 is 5.97 Å². The summed E-state index contributed by atoms with van der Waals surface area (Å²) in [5.74, 6) is -0.755. The number of carboxylic acid groups (broad SMARTS) is 1. The van der Waals surface area contributed by atoms with Gasteiger partial charge in [0.25, 0.3) is 0 Å². The number of carboxylic acids is 1. The second-order valence-electron chi connectivity index (χ2n) is 5.02. The Morgan fingerprint density at radius 1 is 1.29 bits per heavy atom. The van der Waals surface area contributed by atoms with Gasteiger partial charge in [0.05, 0.1) is 18.1 Å². The zero-order valence-corrected chi connectivity index (χ0v) is 10.7. The molecule has 100 valence electrons. The smallest absolute Gasteiger partial charge is 0.309 e. The molecule has 1 fully saturated rings. The van der Waals surface area contributed by atoms with Crippen molar-refractivity contribution in [2.45, 2.75) is 58.0 Å². The summed E-state index contributed by atoms with van der Waals surface area (Å²) in [6.45, 7) is 2.66. The number of rotatable bonds is 6. The topological polar surface area (TPSA) is 66.8 Å². The number of aliphatic hydroxyl groups excluding tert-OH is 1. The number of carbonyl (C=O) groups is 1. The fraction of sp³-hybridized carbons (Fsp3) is 0.923. The third-order valence-corrected chi connectivity index (χ3v) is 3.66. The molecule has 0 aromatic rings. The molecule has 0 aliphatic heterocycles. The van der Waals surface area contributed by atoms with Crippen LogP contribution in [0.15, 0.2) is 0 Å². The predicted molar refractivity (Wildman–Crippen MR) is 64.9 cm³/mol. The van der Waals surface area contributed by atoms with Crippen molar-refractivity contribution < 1.29 is 19.7 Å². The van der Waals surface area contributed by atoms with Crippen LogP contribution in [0.4, 0.5) is 0 Å². The molecule has 0 radical (unpaired) electrons. The average Bonchev–Trinajstić information content (AvgIpc) is 2.53. The zero-order chi connectivity index (χ0) is 12.7. The standard InChI is InChI=1S/C13H24O4/c1-2-17-10-11(14)9-13(12(15)16)7-5-3-4-6-8-13/h11,14H,2-10H2,1H3,(H,15,16). The Morgan fingerprint density at radius 2 is 1.88 bits per heavy atom. The van der Waals surface area contributed by atoms with E-state index >= 15 is 0 Å². The lowest BCUT2D eigenvalue weighted by Crippen LogP contribution is -2.36. The average molecular weight is 244 g/mol. The SMILES string of the molecule is CCOCC(O)CC1(C(=O)O)CCCCCC1. The predicted octanol–water partition coefficient (Wildman–Crippen LogP) is 2.20. The number of hydrogen-bond donors (Lipinski definition) is 2. The molecule has 4 nitrogen and oxygen atoms in total. The number of aliphatic hydroxyl groups is 1. The number of hydrogen-bond acceptors (Lipinski definition) is 3. The normalized spacial score (nSPS) is 21.8. The van der Waals surface area contributed by atoms with E-state index < -0.39 is 17.5 Å². The number of aliphatic carboxylic acids is 1. The second-order valence-corrected chi connectivity index (χ2v) is 5.02. The molecule has 4 heteroatoms. The molecule has 0 saturated heterocycles. The van der Waals surface area contributed by atoms with Gasteiger partial charge in [-0.2, -0.15) is 0 Å². The maximum atomic E-state index is 11.5. The Kier molecular flexibility index (Phi) is 5.92. The Morgan fingerprint density at radius 3 is 2.35 bits per heavy atom. The van der Waals surface area contributed by atoms with Crippen LogP contribution < -0.4 is 0 Å². The fourth-order valence-corrected chi connectivity index (χ4v) is 2.67. The van der Waals surface area contributed by atoms with Crippen molar-refractivity contribution in [3.63, 3.8) is 0 Å². The van der Waals surface area contributed by atoms with Crippen molar-refractivity contribution in [1.82, 2.24) is 0 Å². The Labute approximate surface area is 103 Å². The quantitative estimate of drug-likeness (QED) is 0.703. The molecule has 1 aliphatic rings. The van der Waals surface area contributed by atoms with Crippen LogP contribution in [-0.4, -0.2) is 35.5 Å². The Hall–Kier alpha value is -0.610. The summed E-state index contributed by atoms with van der Waals surface area (Å²) >= 11 is 0. The molecule has 0 aromatic heterocycles. The highest BCUT2D eigenvalue weighted by Crippen LogP contribution is 2.39. The van der Waals surface area contributed by atoms with Crippen LogP contribution in [0, 0.1) is 5.41 Å². The van der Waals surface area contributed by atoms with Gasteiger partial charge >= 0.3 is 5.97 Å². The van der Waals surface area contributed by atoms with Crippen LogP contribution in [0.25, 0.3) is 0 Å². The summed E-state index contributed by atoms with van der Waals surface area (Å²) in [6, 6.07) is 0. The van der Waals surface area contributed by atoms with E-state index in [0.29, 0.717) is 25.9 Å². The molecule has 1 saturated carbocycles. The minimum atomic E-state index is -0.755. The van der Waals surface area contributed by atoms with Crippen LogP contribution in [0.2, 0.25) is 0 Å². The third-order valence-electron chi connectivity index (χ3n) is 3.66. The molecule has 0 amide bonds. The van der Waals surface area contributed by atoms with E-state index in [2.05, 4.69) is 0 Å². The van der Waals surface area contributed by atoms with E-state index in [-0.39, 0.29) is 6.61 Å². The summed E-state index contributed by atoms with van der Waals surface area (Å²) < 4.78 is 5.15. The summed E-state index contributed by atoms with van der Waals surface area (Å²) in [5.41, 5.74) is -0.729. The van der Waals surface area contributed by atoms with E-state index in [4.69, 9.17) is 4.74 Å². The highest BCUT2D eigenvalue weighted by atomic mass is 16.5. The van der Waals surface area contributed by atoms with E-state index in [1.807, 2.05) is 6.92 Å². The van der Waals surface area contributed by atoms with Gasteiger partial charge < -0.3 is 14.9 Å². The first-order valence-electron chi connectivity index (χ1n) is 6.60. The lowest BCUT2D eigenvalue weighted by Gasteiger charge is -2.30. The van der Waals surface area contributed by atoms with E-state index in [1.165, 1.54) is 0 Å². The van der Waals surface area contributed by atoms with E-state index in [1.54, 1.807) is 0 Å². The van der Waals surface area contributed by atoms with Crippen LogP contribution in [-0.2, 0) is 9.53 Å². The van der Waals surface area contributed by atoms with Gasteiger partial charge in [0.2, 0.25) is 0 Å². The molecule has 0 heterocycles. The maximum Gasteiger partial charge on any atom is 0.309 e. The summed E-state index contributed by atoms with van der Waals surface area (Å²) in [7, 11) is 0. The molecule has 17 heavy (non-hydrogen) atoms. The van der Waals surface area contributed by atoms with Gasteiger partial charge in [-0.05, 0) is 26.2 Å². The van der Waals surface area contributed by atoms with Crippen LogP contribution in [0.3, 0.4) is 0 Å². The first kappa shape index (κ1) is 14.5. The van der Waals surface area contributed by atoms with Crippen molar-refractivity contribution in [1.29, 1.82) is 0 Å².